The van der Waals surface area contributed by atoms with Crippen molar-refractivity contribution in [2.75, 3.05) is 0 Å². The molecule has 0 saturated carbocycles. The summed E-state index contributed by atoms with van der Waals surface area (Å²) in [6.07, 6.45) is 4.85. The predicted octanol–water partition coefficient (Wildman–Crippen LogP) is 1.52. The second-order valence-electron chi connectivity index (χ2n) is 2.81. The van der Waals surface area contributed by atoms with E-state index in [0.29, 0.717) is 0 Å². The van der Waals surface area contributed by atoms with Crippen LogP contribution in [0.1, 0.15) is 5.56 Å². The average molecular weight is 219 g/mol. The van der Waals surface area contributed by atoms with Gasteiger partial charge in [0.15, 0.2) is 0 Å². The first kappa shape index (κ1) is 10.1. The number of aromatic nitrogens is 3. The normalized spacial score (nSPS) is 10.2. The first-order valence-corrected chi connectivity index (χ1v) is 5.20. The average Bonchev–Trinajstić information content (AvgIpc) is 2.31. The van der Waals surface area contributed by atoms with E-state index in [2.05, 4.69) is 15.0 Å². The summed E-state index contributed by atoms with van der Waals surface area (Å²) in [4.78, 5) is 12.1. The number of aliphatic hydroxyl groups excluding tert-OH is 1. The summed E-state index contributed by atoms with van der Waals surface area (Å²) in [5.41, 5.74) is 0.807. The van der Waals surface area contributed by atoms with Crippen LogP contribution in [0.2, 0.25) is 0 Å². The second-order valence-corrected chi connectivity index (χ2v) is 3.85. The fourth-order valence-corrected chi connectivity index (χ4v) is 1.70. The topological polar surface area (TPSA) is 58.9 Å². The molecule has 4 nitrogen and oxygen atoms in total. The Morgan fingerprint density at radius 2 is 2.00 bits per heavy atom. The number of rotatable bonds is 3. The molecule has 0 aliphatic carbocycles. The number of aliphatic hydroxyl groups is 1. The molecule has 2 heterocycles. The maximum absolute atomic E-state index is 8.85. The third-order valence-electron chi connectivity index (χ3n) is 1.74. The lowest BCUT2D eigenvalue weighted by molar-refractivity contribution is 0.281. The van der Waals surface area contributed by atoms with Crippen LogP contribution in [0, 0.1) is 0 Å². The van der Waals surface area contributed by atoms with Crippen LogP contribution < -0.4 is 0 Å². The molecular formula is C10H9N3OS. The third-order valence-corrected chi connectivity index (χ3v) is 2.65. The van der Waals surface area contributed by atoms with Crippen LogP contribution in [0.3, 0.4) is 0 Å². The van der Waals surface area contributed by atoms with Gasteiger partial charge in [-0.05, 0) is 29.5 Å². The van der Waals surface area contributed by atoms with E-state index in [1.807, 2.05) is 18.2 Å². The van der Waals surface area contributed by atoms with Crippen molar-refractivity contribution in [3.05, 3.63) is 42.5 Å². The minimum atomic E-state index is 0.0193. The van der Waals surface area contributed by atoms with Crippen molar-refractivity contribution in [3.8, 4) is 0 Å². The van der Waals surface area contributed by atoms with Gasteiger partial charge >= 0.3 is 0 Å². The van der Waals surface area contributed by atoms with Gasteiger partial charge in [-0.2, -0.15) is 0 Å². The van der Waals surface area contributed by atoms with E-state index in [4.69, 9.17) is 5.11 Å². The molecule has 15 heavy (non-hydrogen) atoms. The number of nitrogens with zero attached hydrogens (tertiary/aromatic N) is 3. The Bertz CT molecular complexity index is 418. The zero-order valence-electron chi connectivity index (χ0n) is 7.87. The van der Waals surface area contributed by atoms with Gasteiger partial charge in [0.1, 0.15) is 16.4 Å². The molecule has 0 aliphatic heterocycles. The van der Waals surface area contributed by atoms with Gasteiger partial charge in [0.2, 0.25) is 0 Å². The summed E-state index contributed by atoms with van der Waals surface area (Å²) in [6.45, 7) is 0.0193. The highest BCUT2D eigenvalue weighted by Crippen LogP contribution is 2.22. The minimum Gasteiger partial charge on any atom is -0.392 e. The number of hydrogen-bond donors (Lipinski definition) is 1. The second kappa shape index (κ2) is 4.86. The van der Waals surface area contributed by atoms with Crippen molar-refractivity contribution in [3.63, 3.8) is 0 Å². The van der Waals surface area contributed by atoms with E-state index in [1.165, 1.54) is 18.1 Å². The molecule has 0 unspecified atom stereocenters. The van der Waals surface area contributed by atoms with E-state index in [0.717, 1.165) is 15.6 Å². The fraction of sp³-hybridized carbons (Fsp3) is 0.100. The molecule has 2 rings (SSSR count). The van der Waals surface area contributed by atoms with Gasteiger partial charge in [-0.1, -0.05) is 6.07 Å². The van der Waals surface area contributed by atoms with E-state index in [1.54, 1.807) is 12.4 Å². The van der Waals surface area contributed by atoms with Crippen molar-refractivity contribution < 1.29 is 5.11 Å². The molecule has 0 aliphatic rings. The summed E-state index contributed by atoms with van der Waals surface area (Å²) in [6, 6.07) is 5.53. The summed E-state index contributed by atoms with van der Waals surface area (Å²) in [5, 5.41) is 10.6. The summed E-state index contributed by atoms with van der Waals surface area (Å²) < 4.78 is 0. The standard InChI is InChI=1S/C10H9N3OS/c14-6-8-1-2-9(12-5-8)15-10-3-4-11-7-13-10/h1-5,7,14H,6H2. The molecule has 0 saturated heterocycles. The van der Waals surface area contributed by atoms with Gasteiger partial charge in [0, 0.05) is 12.4 Å². The van der Waals surface area contributed by atoms with Crippen molar-refractivity contribution in [2.24, 2.45) is 0 Å². The Balaban J connectivity index is 2.11. The van der Waals surface area contributed by atoms with Crippen molar-refractivity contribution in [1.82, 2.24) is 15.0 Å². The lowest BCUT2D eigenvalue weighted by Crippen LogP contribution is -1.87. The maximum atomic E-state index is 8.85. The Morgan fingerprint density at radius 3 is 2.60 bits per heavy atom. The van der Waals surface area contributed by atoms with Crippen LogP contribution in [-0.4, -0.2) is 20.1 Å². The molecule has 2 aromatic heterocycles. The summed E-state index contributed by atoms with van der Waals surface area (Å²) >= 11 is 1.46. The van der Waals surface area contributed by atoms with Gasteiger partial charge in [-0.25, -0.2) is 15.0 Å². The fourth-order valence-electron chi connectivity index (χ4n) is 1.01. The van der Waals surface area contributed by atoms with Crippen LogP contribution in [-0.2, 0) is 6.61 Å². The lowest BCUT2D eigenvalue weighted by Gasteiger charge is -2.00. The van der Waals surface area contributed by atoms with E-state index >= 15 is 0 Å². The molecular weight excluding hydrogens is 210 g/mol. The monoisotopic (exact) mass is 219 g/mol. The Labute approximate surface area is 91.4 Å². The Kier molecular flexibility index (Phi) is 3.26. The molecule has 0 bridgehead atoms. The highest BCUT2D eigenvalue weighted by Gasteiger charge is 1.99. The molecule has 0 radical (unpaired) electrons. The molecule has 5 heteroatoms. The lowest BCUT2D eigenvalue weighted by atomic mass is 10.3. The Hall–Kier alpha value is -1.46. The van der Waals surface area contributed by atoms with Crippen LogP contribution in [0.5, 0.6) is 0 Å². The van der Waals surface area contributed by atoms with Crippen LogP contribution in [0.25, 0.3) is 0 Å². The van der Waals surface area contributed by atoms with Crippen molar-refractivity contribution >= 4 is 11.8 Å². The highest BCUT2D eigenvalue weighted by molar-refractivity contribution is 7.99. The quantitative estimate of drug-likeness (QED) is 0.793. The van der Waals surface area contributed by atoms with Gasteiger partial charge in [-0.3, -0.25) is 0 Å². The zero-order chi connectivity index (χ0) is 10.5. The van der Waals surface area contributed by atoms with Gasteiger partial charge in [0.05, 0.1) is 6.61 Å². The first-order valence-electron chi connectivity index (χ1n) is 4.38. The molecule has 1 N–H and O–H groups in total. The summed E-state index contributed by atoms with van der Waals surface area (Å²) in [5.74, 6) is 0. The van der Waals surface area contributed by atoms with Crippen LogP contribution in [0.4, 0.5) is 0 Å². The Morgan fingerprint density at radius 1 is 1.13 bits per heavy atom. The van der Waals surface area contributed by atoms with Gasteiger partial charge in [-0.15, -0.1) is 0 Å². The smallest absolute Gasteiger partial charge is 0.116 e. The molecule has 2 aromatic rings. The first-order chi connectivity index (χ1) is 7.38. The van der Waals surface area contributed by atoms with Crippen molar-refractivity contribution in [2.45, 2.75) is 16.7 Å². The predicted molar refractivity (Wildman–Crippen MR) is 56.3 cm³/mol. The molecule has 0 aromatic carbocycles. The largest absolute Gasteiger partial charge is 0.392 e. The van der Waals surface area contributed by atoms with E-state index in [9.17, 15) is 0 Å². The number of pyridine rings is 1. The minimum absolute atomic E-state index is 0.0193. The molecule has 0 spiro atoms. The molecule has 76 valence electrons. The zero-order valence-corrected chi connectivity index (χ0v) is 8.68. The maximum Gasteiger partial charge on any atom is 0.116 e. The van der Waals surface area contributed by atoms with Crippen molar-refractivity contribution in [1.29, 1.82) is 0 Å². The highest BCUT2D eigenvalue weighted by atomic mass is 32.2. The molecule has 0 atom stereocenters. The SMILES string of the molecule is OCc1ccc(Sc2ccncn2)nc1. The van der Waals surface area contributed by atoms with Crippen LogP contribution in [0.15, 0.2) is 47.0 Å². The van der Waals surface area contributed by atoms with Gasteiger partial charge < -0.3 is 5.11 Å². The number of hydrogen-bond acceptors (Lipinski definition) is 5. The van der Waals surface area contributed by atoms with Crippen LogP contribution >= 0.6 is 11.8 Å². The van der Waals surface area contributed by atoms with E-state index < -0.39 is 0 Å². The third kappa shape index (κ3) is 2.74. The van der Waals surface area contributed by atoms with E-state index in [-0.39, 0.29) is 6.61 Å². The molecule has 0 fully saturated rings. The van der Waals surface area contributed by atoms with Gasteiger partial charge in [0.25, 0.3) is 0 Å². The summed E-state index contributed by atoms with van der Waals surface area (Å²) in [7, 11) is 0. The molecule has 0 amide bonds.